The molecule has 0 amide bonds. The van der Waals surface area contributed by atoms with E-state index in [1.807, 2.05) is 18.2 Å². The Labute approximate surface area is 120 Å². The molecule has 1 atom stereocenters. The molecule has 1 aromatic carbocycles. The predicted octanol–water partition coefficient (Wildman–Crippen LogP) is 3.84. The van der Waals surface area contributed by atoms with E-state index in [2.05, 4.69) is 0 Å². The van der Waals surface area contributed by atoms with Crippen molar-refractivity contribution in [3.63, 3.8) is 0 Å². The maximum Gasteiger partial charge on any atom is 0.342 e. The first-order chi connectivity index (χ1) is 9.33. The summed E-state index contributed by atoms with van der Waals surface area (Å²) in [7, 11) is -3.47. The van der Waals surface area contributed by atoms with Gasteiger partial charge in [0, 0.05) is 5.56 Å². The minimum absolute atomic E-state index is 0.134. The van der Waals surface area contributed by atoms with E-state index in [0.717, 1.165) is 5.56 Å². The number of ketones is 1. The first-order valence-corrected chi connectivity index (χ1v) is 8.53. The molecule has 1 aromatic rings. The Morgan fingerprint density at radius 2 is 1.65 bits per heavy atom. The third kappa shape index (κ3) is 3.03. The van der Waals surface area contributed by atoms with E-state index >= 15 is 0 Å². The molecule has 0 saturated heterocycles. The van der Waals surface area contributed by atoms with Crippen LogP contribution in [0.3, 0.4) is 0 Å². The lowest BCUT2D eigenvalue weighted by Crippen LogP contribution is -2.23. The van der Waals surface area contributed by atoms with Crippen LogP contribution in [0.2, 0.25) is 0 Å². The van der Waals surface area contributed by atoms with Gasteiger partial charge in [-0.2, -0.15) is 0 Å². The van der Waals surface area contributed by atoms with Crippen molar-refractivity contribution in [3.05, 3.63) is 35.4 Å². The topological polar surface area (TPSA) is 52.6 Å². The van der Waals surface area contributed by atoms with E-state index in [4.69, 9.17) is 9.05 Å². The monoisotopic (exact) mass is 296 g/mol. The molecular weight excluding hydrogens is 275 g/mol. The quantitative estimate of drug-likeness (QED) is 0.775. The third-order valence-corrected chi connectivity index (χ3v) is 5.71. The van der Waals surface area contributed by atoms with Crippen molar-refractivity contribution in [2.45, 2.75) is 52.0 Å². The van der Waals surface area contributed by atoms with Crippen LogP contribution in [-0.4, -0.2) is 23.7 Å². The first kappa shape index (κ1) is 15.4. The molecule has 0 fully saturated rings. The molecule has 0 heterocycles. The van der Waals surface area contributed by atoms with Crippen molar-refractivity contribution in [2.24, 2.45) is 0 Å². The number of fused-ring (bicyclic) bond motifs is 1. The van der Waals surface area contributed by atoms with Crippen molar-refractivity contribution in [3.8, 4) is 0 Å². The van der Waals surface area contributed by atoms with Crippen LogP contribution in [0.15, 0.2) is 24.3 Å². The summed E-state index contributed by atoms with van der Waals surface area (Å²) in [6.45, 7) is 7.18. The Kier molecular flexibility index (Phi) is 4.48. The average Bonchev–Trinajstić information content (AvgIpc) is 2.66. The van der Waals surface area contributed by atoms with E-state index in [0.29, 0.717) is 12.0 Å². The summed E-state index contributed by atoms with van der Waals surface area (Å²) in [6.07, 6.45) is -0.0849. The highest BCUT2D eigenvalue weighted by Gasteiger charge is 2.47. The maximum absolute atomic E-state index is 13.0. The van der Waals surface area contributed by atoms with Gasteiger partial charge in [-0.3, -0.25) is 9.36 Å². The standard InChI is InChI=1S/C15H21O4P/c1-10(2)18-20(17,19-11(3)4)14-9-12-7-5-6-8-13(12)15(14)16/h5-8,10-11,14H,9H2,1-4H3. The number of benzene rings is 1. The number of carbonyl (C=O) groups is 1. The summed E-state index contributed by atoms with van der Waals surface area (Å²) >= 11 is 0. The number of rotatable bonds is 5. The highest BCUT2D eigenvalue weighted by Crippen LogP contribution is 2.58. The maximum atomic E-state index is 13.0. The van der Waals surface area contributed by atoms with Crippen LogP contribution in [0.1, 0.15) is 43.6 Å². The van der Waals surface area contributed by atoms with Crippen molar-refractivity contribution < 1.29 is 18.4 Å². The van der Waals surface area contributed by atoms with E-state index in [-0.39, 0.29) is 18.0 Å². The van der Waals surface area contributed by atoms with Crippen molar-refractivity contribution >= 4 is 13.4 Å². The largest absolute Gasteiger partial charge is 0.342 e. The van der Waals surface area contributed by atoms with Gasteiger partial charge in [0.25, 0.3) is 0 Å². The molecule has 4 nitrogen and oxygen atoms in total. The zero-order valence-corrected chi connectivity index (χ0v) is 13.2. The summed E-state index contributed by atoms with van der Waals surface area (Å²) in [5, 5.41) is 0. The van der Waals surface area contributed by atoms with E-state index in [1.54, 1.807) is 33.8 Å². The molecule has 2 rings (SSSR count). The molecule has 1 aliphatic carbocycles. The van der Waals surface area contributed by atoms with E-state index in [9.17, 15) is 9.36 Å². The Hall–Kier alpha value is -0.960. The summed E-state index contributed by atoms with van der Waals surface area (Å²) in [5.74, 6) is -0.134. The number of hydrogen-bond donors (Lipinski definition) is 0. The summed E-state index contributed by atoms with van der Waals surface area (Å²) in [5.41, 5.74) is 0.838. The normalized spacial score (nSPS) is 18.9. The Morgan fingerprint density at radius 1 is 1.10 bits per heavy atom. The first-order valence-electron chi connectivity index (χ1n) is 6.92. The van der Waals surface area contributed by atoms with Gasteiger partial charge in [0.15, 0.2) is 5.78 Å². The zero-order valence-electron chi connectivity index (χ0n) is 12.3. The molecule has 0 saturated carbocycles. The molecular formula is C15H21O4P. The van der Waals surface area contributed by atoms with Gasteiger partial charge < -0.3 is 9.05 Å². The average molecular weight is 296 g/mol. The Bertz CT molecular complexity index is 537. The second kappa shape index (κ2) is 5.80. The minimum Gasteiger partial charge on any atom is -0.305 e. The number of Topliss-reactive ketones (excluding diaryl/α,β-unsaturated/α-hetero) is 1. The molecule has 0 N–H and O–H groups in total. The summed E-state index contributed by atoms with van der Waals surface area (Å²) < 4.78 is 24.1. The van der Waals surface area contributed by atoms with Crippen molar-refractivity contribution in [1.29, 1.82) is 0 Å². The van der Waals surface area contributed by atoms with Crippen LogP contribution >= 0.6 is 7.60 Å². The van der Waals surface area contributed by atoms with Gasteiger partial charge in [0.1, 0.15) is 5.66 Å². The lowest BCUT2D eigenvalue weighted by Gasteiger charge is -2.26. The second-order valence-electron chi connectivity index (χ2n) is 5.59. The molecule has 1 aliphatic rings. The fourth-order valence-corrected chi connectivity index (χ4v) is 4.80. The SMILES string of the molecule is CC(C)OP(=O)(OC(C)C)C1Cc2ccccc2C1=O. The number of hydrogen-bond acceptors (Lipinski definition) is 4. The van der Waals surface area contributed by atoms with Gasteiger partial charge in [-0.25, -0.2) is 0 Å². The minimum atomic E-state index is -3.47. The lowest BCUT2D eigenvalue weighted by molar-refractivity contribution is 0.0954. The van der Waals surface area contributed by atoms with Crippen LogP contribution in [0.4, 0.5) is 0 Å². The van der Waals surface area contributed by atoms with Gasteiger partial charge in [-0.1, -0.05) is 24.3 Å². The molecule has 1 unspecified atom stereocenters. The smallest absolute Gasteiger partial charge is 0.305 e. The Morgan fingerprint density at radius 3 is 2.15 bits per heavy atom. The molecule has 0 aliphatic heterocycles. The summed E-state index contributed by atoms with van der Waals surface area (Å²) in [6, 6.07) is 7.36. The highest BCUT2D eigenvalue weighted by atomic mass is 31.2. The number of carbonyl (C=O) groups excluding carboxylic acids is 1. The molecule has 0 bridgehead atoms. The molecule has 5 heteroatoms. The van der Waals surface area contributed by atoms with Crippen LogP contribution in [0.5, 0.6) is 0 Å². The summed E-state index contributed by atoms with van der Waals surface area (Å²) in [4.78, 5) is 12.5. The van der Waals surface area contributed by atoms with Crippen LogP contribution in [0, 0.1) is 0 Å². The van der Waals surface area contributed by atoms with Crippen LogP contribution in [-0.2, 0) is 20.0 Å². The van der Waals surface area contributed by atoms with Gasteiger partial charge in [0.2, 0.25) is 0 Å². The molecule has 0 aromatic heterocycles. The van der Waals surface area contributed by atoms with Gasteiger partial charge in [-0.05, 0) is 39.7 Å². The fourth-order valence-electron chi connectivity index (χ4n) is 2.43. The molecule has 0 spiro atoms. The molecule has 110 valence electrons. The highest BCUT2D eigenvalue weighted by molar-refractivity contribution is 7.56. The van der Waals surface area contributed by atoms with Gasteiger partial charge >= 0.3 is 7.60 Å². The molecule has 20 heavy (non-hydrogen) atoms. The molecule has 0 radical (unpaired) electrons. The van der Waals surface area contributed by atoms with Crippen molar-refractivity contribution in [1.82, 2.24) is 0 Å². The second-order valence-corrected chi connectivity index (χ2v) is 7.71. The van der Waals surface area contributed by atoms with E-state index < -0.39 is 13.3 Å². The predicted molar refractivity (Wildman–Crippen MR) is 78.3 cm³/mol. The fraction of sp³-hybridized carbons (Fsp3) is 0.533. The zero-order chi connectivity index (χ0) is 14.9. The van der Waals surface area contributed by atoms with Gasteiger partial charge in [0.05, 0.1) is 12.2 Å². The van der Waals surface area contributed by atoms with Gasteiger partial charge in [-0.15, -0.1) is 0 Å². The van der Waals surface area contributed by atoms with Crippen LogP contribution in [0.25, 0.3) is 0 Å². The third-order valence-electron chi connectivity index (χ3n) is 3.10. The van der Waals surface area contributed by atoms with E-state index in [1.165, 1.54) is 0 Å². The van der Waals surface area contributed by atoms with Crippen molar-refractivity contribution in [2.75, 3.05) is 0 Å². The Balaban J connectivity index is 2.33. The lowest BCUT2D eigenvalue weighted by atomic mass is 10.1. The van der Waals surface area contributed by atoms with Crippen LogP contribution < -0.4 is 0 Å².